The number of hydrogen-bond acceptors (Lipinski definition) is 8. The minimum atomic E-state index is -1.47. The van der Waals surface area contributed by atoms with Crippen LogP contribution in [-0.2, 0) is 23.6 Å². The van der Waals surface area contributed by atoms with E-state index in [4.69, 9.17) is 14.0 Å². The van der Waals surface area contributed by atoms with Gasteiger partial charge in [0, 0.05) is 25.2 Å². The Bertz CT molecular complexity index is 939. The maximum atomic E-state index is 14.0. The number of ether oxygens (including phenoxy) is 2. The Morgan fingerprint density at radius 3 is 2.18 bits per heavy atom. The van der Waals surface area contributed by atoms with E-state index in [9.17, 15) is 24.9 Å². The Morgan fingerprint density at radius 2 is 1.74 bits per heavy atom. The first-order chi connectivity index (χ1) is 17.4. The number of rotatable bonds is 9. The molecule has 13 atom stereocenters. The molecular formula is C23H43O8P7. The summed E-state index contributed by atoms with van der Waals surface area (Å²) in [6.45, 7) is 9.06. The molecule has 5 unspecified atom stereocenters. The fourth-order valence-corrected chi connectivity index (χ4v) is 39.5. The van der Waals surface area contributed by atoms with Gasteiger partial charge >= 0.3 is 5.97 Å². The number of esters is 1. The molecule has 0 bridgehead atoms. The van der Waals surface area contributed by atoms with Gasteiger partial charge in [0.15, 0.2) is 5.78 Å². The van der Waals surface area contributed by atoms with Gasteiger partial charge in [0.2, 0.25) is 0 Å². The lowest BCUT2D eigenvalue weighted by atomic mass is 9.49. The largest absolute Gasteiger partial charge is 0.462 e. The molecule has 0 spiro atoms. The summed E-state index contributed by atoms with van der Waals surface area (Å²) in [4.78, 5) is 26.6. The Balaban J connectivity index is 2.24. The average molecular weight is 664 g/mol. The fourth-order valence-electron chi connectivity index (χ4n) is 6.63. The number of carbonyl (C=O) groups is 2. The average Bonchev–Trinajstić information content (AvgIpc) is 2.77. The molecule has 3 aliphatic rings. The molecule has 0 radical (unpaired) electrons. The molecular weight excluding hydrogens is 621 g/mol. The molecule has 2 aliphatic carbocycles. The van der Waals surface area contributed by atoms with Crippen LogP contribution < -0.4 is 0 Å². The molecule has 8 nitrogen and oxygen atoms in total. The lowest BCUT2D eigenvalue weighted by Crippen LogP contribution is -2.77. The molecule has 38 heavy (non-hydrogen) atoms. The summed E-state index contributed by atoms with van der Waals surface area (Å²) in [6, 6.07) is 0. The van der Waals surface area contributed by atoms with Gasteiger partial charge in [-0.25, -0.2) is 0 Å². The molecule has 0 aromatic carbocycles. The first kappa shape index (κ1) is 34.2. The normalized spacial score (nSPS) is 38.3. The van der Waals surface area contributed by atoms with Crippen LogP contribution in [0.4, 0.5) is 0 Å². The van der Waals surface area contributed by atoms with Crippen molar-refractivity contribution in [2.75, 3.05) is 6.61 Å². The van der Waals surface area contributed by atoms with E-state index in [0.717, 1.165) is 5.57 Å². The molecule has 2 fully saturated rings. The zero-order valence-corrected chi connectivity index (χ0v) is 30.1. The van der Waals surface area contributed by atoms with Crippen molar-refractivity contribution >= 4 is 69.0 Å². The smallest absolute Gasteiger partial charge is 0.302 e. The third kappa shape index (κ3) is 6.45. The van der Waals surface area contributed by atoms with Gasteiger partial charge in [-0.15, -0.1) is 35.7 Å². The monoisotopic (exact) mass is 664 g/mol. The van der Waals surface area contributed by atoms with Gasteiger partial charge in [0.1, 0.15) is 17.8 Å². The second kappa shape index (κ2) is 12.7. The maximum Gasteiger partial charge on any atom is 0.302 e. The van der Waals surface area contributed by atoms with E-state index in [1.165, 1.54) is 13.8 Å². The summed E-state index contributed by atoms with van der Waals surface area (Å²) in [7, 11) is 10.3. The van der Waals surface area contributed by atoms with Crippen molar-refractivity contribution in [2.24, 2.45) is 22.7 Å². The Morgan fingerprint density at radius 1 is 1.16 bits per heavy atom. The van der Waals surface area contributed by atoms with Crippen LogP contribution in [0.25, 0.3) is 0 Å². The standard InChI is InChI=1S/C23H43O8P7/c1-11-9-21(4,5)14(7-15(11)26)18(30-13(3)25)19-22(6,20(27)12(2)24)16(8-17-23(19,28)10-29-17)31-36(37(32)33)38(34)35/h9,12,14-19,24,26,28H,7-8,10,32-35H2,1-6H3/t12-,14?,15+,16+,17-,18-,19+,22-,23+/m1/s1. The van der Waals surface area contributed by atoms with Crippen LogP contribution >= 0.6 is 57.2 Å². The van der Waals surface area contributed by atoms with E-state index in [-0.39, 0.29) is 13.0 Å². The number of hydrogen-bond donors (Lipinski definition) is 3. The van der Waals surface area contributed by atoms with Crippen LogP contribution in [0.15, 0.2) is 11.6 Å². The highest BCUT2D eigenvalue weighted by atomic mass is 33.0. The predicted octanol–water partition coefficient (Wildman–Crippen LogP) is 5.11. The molecule has 1 aliphatic heterocycles. The second-order valence-electron chi connectivity index (χ2n) is 11.6. The third-order valence-electron chi connectivity index (χ3n) is 8.47. The summed E-state index contributed by atoms with van der Waals surface area (Å²) in [5.41, 5.74) is -2.56. The second-order valence-corrected chi connectivity index (χ2v) is 35.2. The molecule has 15 heteroatoms. The Hall–Kier alpha value is 1.69. The molecule has 3 rings (SSSR count). The molecule has 218 valence electrons. The third-order valence-corrected chi connectivity index (χ3v) is 30.9. The van der Waals surface area contributed by atoms with Crippen LogP contribution in [0.2, 0.25) is 0 Å². The zero-order chi connectivity index (χ0) is 29.0. The molecule has 1 saturated heterocycles. The highest BCUT2D eigenvalue weighted by molar-refractivity contribution is 8.96. The lowest BCUT2D eigenvalue weighted by molar-refractivity contribution is -0.329. The van der Waals surface area contributed by atoms with Crippen LogP contribution in [0, 0.1) is 22.7 Å². The molecule has 1 heterocycles. The van der Waals surface area contributed by atoms with Gasteiger partial charge < -0.3 is 29.3 Å². The lowest BCUT2D eigenvalue weighted by Gasteiger charge is -2.64. The summed E-state index contributed by atoms with van der Waals surface area (Å²) in [6.07, 6.45) is -1.75. The number of allylic oxidation sites excluding steroid dienone is 1. The van der Waals surface area contributed by atoms with E-state index in [1.54, 1.807) is 6.92 Å². The highest BCUT2D eigenvalue weighted by Crippen LogP contribution is 2.98. The van der Waals surface area contributed by atoms with Crippen LogP contribution in [0.1, 0.15) is 54.4 Å². The number of aliphatic hydroxyl groups is 3. The van der Waals surface area contributed by atoms with Gasteiger partial charge in [-0.05, 0) is 52.2 Å². The first-order valence-electron chi connectivity index (χ1n) is 12.5. The number of aliphatic hydroxyl groups excluding tert-OH is 2. The zero-order valence-electron chi connectivity index (χ0n) is 22.8. The number of carbonyl (C=O) groups excluding carboxylic acids is 2. The van der Waals surface area contributed by atoms with Crippen molar-refractivity contribution in [1.82, 2.24) is 0 Å². The molecule has 0 aromatic heterocycles. The van der Waals surface area contributed by atoms with Crippen molar-refractivity contribution in [3.05, 3.63) is 11.6 Å². The van der Waals surface area contributed by atoms with E-state index in [2.05, 4.69) is 35.7 Å². The molecule has 0 amide bonds. The van der Waals surface area contributed by atoms with E-state index in [1.807, 2.05) is 26.8 Å². The van der Waals surface area contributed by atoms with Gasteiger partial charge in [0.25, 0.3) is 0 Å². The van der Waals surface area contributed by atoms with Crippen LogP contribution in [0.5, 0.6) is 0 Å². The van der Waals surface area contributed by atoms with Gasteiger partial charge in [0.05, 0.1) is 37.9 Å². The Kier molecular flexibility index (Phi) is 11.5. The number of fused-ring (bicyclic) bond motifs is 1. The van der Waals surface area contributed by atoms with Crippen molar-refractivity contribution in [3.63, 3.8) is 0 Å². The number of ketones is 1. The maximum absolute atomic E-state index is 14.0. The van der Waals surface area contributed by atoms with Crippen molar-refractivity contribution in [3.8, 4) is 0 Å². The topological polar surface area (TPSA) is 123 Å². The van der Waals surface area contributed by atoms with Gasteiger partial charge in [-0.1, -0.05) is 19.9 Å². The first-order valence-corrected chi connectivity index (χ1v) is 24.4. The van der Waals surface area contributed by atoms with E-state index < -0.39 is 92.0 Å². The number of Topliss-reactive ketones (excluding diaryl/α,β-unsaturated/α-hetero) is 1. The van der Waals surface area contributed by atoms with E-state index >= 15 is 0 Å². The van der Waals surface area contributed by atoms with E-state index in [0.29, 0.717) is 6.42 Å². The Labute approximate surface area is 238 Å². The van der Waals surface area contributed by atoms with Crippen LogP contribution in [-0.4, -0.2) is 69.8 Å². The highest BCUT2D eigenvalue weighted by Gasteiger charge is 2.71. The predicted molar refractivity (Wildman–Crippen MR) is 169 cm³/mol. The summed E-state index contributed by atoms with van der Waals surface area (Å²) >= 11 is 0. The summed E-state index contributed by atoms with van der Waals surface area (Å²) in [5.74, 6) is -2.35. The quantitative estimate of drug-likeness (QED) is 0.177. The van der Waals surface area contributed by atoms with Crippen molar-refractivity contribution < 1.29 is 38.9 Å². The van der Waals surface area contributed by atoms with Gasteiger partial charge in [-0.3, -0.25) is 9.59 Å². The van der Waals surface area contributed by atoms with Crippen molar-refractivity contribution in [2.45, 2.75) is 90.5 Å². The van der Waals surface area contributed by atoms with Crippen molar-refractivity contribution in [1.29, 1.82) is 0 Å². The molecule has 1 saturated carbocycles. The summed E-state index contributed by atoms with van der Waals surface area (Å²) in [5, 5.41) is 33.6. The van der Waals surface area contributed by atoms with Gasteiger partial charge in [-0.2, -0.15) is 0 Å². The summed E-state index contributed by atoms with van der Waals surface area (Å²) < 4.78 is 18.7. The SMILES string of the molecule is CC(=O)O[C@H](C1C[C@H](O)C(C)=CC1(C)C)[C@@H]1[C@]2(O)CO[C@@H]2C[C@H](OP(P(P)P)P(P)P)[C@@]1(C)C(=O)[C@@H](C)O. The minimum Gasteiger partial charge on any atom is -0.462 e. The molecule has 3 N–H and O–H groups in total. The fraction of sp³-hybridized carbons (Fsp3) is 0.826. The van der Waals surface area contributed by atoms with Crippen LogP contribution in [0.3, 0.4) is 0 Å². The molecule has 0 aromatic rings. The minimum absolute atomic E-state index is 0.0191.